The number of anilines is 2. The number of urea groups is 1. The van der Waals surface area contributed by atoms with Gasteiger partial charge in [-0.3, -0.25) is 9.59 Å². The van der Waals surface area contributed by atoms with Crippen LogP contribution >= 0.6 is 0 Å². The van der Waals surface area contributed by atoms with Gasteiger partial charge in [-0.25, -0.2) is 18.5 Å². The van der Waals surface area contributed by atoms with Crippen LogP contribution in [0.15, 0.2) is 72.8 Å². The standard InChI is InChI=1S/C25H21F2N3O4/c1-34-21-12-8-19(9-13-21)28-23(31)14-22-24(32)30(20-10-6-18(27)7-11-20)25(33)29(22)15-16-2-4-17(26)5-3-16/h2-13,22H,14-15H2,1H3,(H,28,31)/t22-/m1/s1. The van der Waals surface area contributed by atoms with E-state index in [9.17, 15) is 23.2 Å². The number of amides is 4. The molecule has 0 aromatic heterocycles. The second-order valence-electron chi connectivity index (χ2n) is 7.68. The molecule has 0 saturated carbocycles. The lowest BCUT2D eigenvalue weighted by Crippen LogP contribution is -2.37. The predicted molar refractivity (Wildman–Crippen MR) is 121 cm³/mol. The van der Waals surface area contributed by atoms with Gasteiger partial charge in [0.1, 0.15) is 23.4 Å². The Morgan fingerprint density at radius 3 is 2.09 bits per heavy atom. The van der Waals surface area contributed by atoms with E-state index in [0.29, 0.717) is 17.0 Å². The molecule has 174 valence electrons. The Hall–Kier alpha value is -4.27. The van der Waals surface area contributed by atoms with Crippen LogP contribution in [0.25, 0.3) is 0 Å². The number of nitrogens with one attached hydrogen (secondary N) is 1. The van der Waals surface area contributed by atoms with Gasteiger partial charge in [0.15, 0.2) is 0 Å². The first-order valence-electron chi connectivity index (χ1n) is 10.4. The van der Waals surface area contributed by atoms with Crippen LogP contribution in [0.3, 0.4) is 0 Å². The van der Waals surface area contributed by atoms with E-state index in [2.05, 4.69) is 5.32 Å². The molecule has 4 rings (SSSR count). The van der Waals surface area contributed by atoms with E-state index in [4.69, 9.17) is 4.74 Å². The average molecular weight is 465 g/mol. The lowest BCUT2D eigenvalue weighted by atomic mass is 10.1. The summed E-state index contributed by atoms with van der Waals surface area (Å²) in [6.45, 7) is -0.0109. The first kappa shape index (κ1) is 22.9. The van der Waals surface area contributed by atoms with Crippen LogP contribution in [-0.4, -0.2) is 35.9 Å². The molecule has 3 aromatic rings. The number of benzene rings is 3. The van der Waals surface area contributed by atoms with Crippen LogP contribution in [0.5, 0.6) is 5.75 Å². The molecule has 1 fully saturated rings. The second kappa shape index (κ2) is 9.70. The third-order valence-corrected chi connectivity index (χ3v) is 5.42. The lowest BCUT2D eigenvalue weighted by molar-refractivity contribution is -0.124. The zero-order valence-corrected chi connectivity index (χ0v) is 18.2. The molecule has 1 N–H and O–H groups in total. The summed E-state index contributed by atoms with van der Waals surface area (Å²) in [5, 5.41) is 2.71. The summed E-state index contributed by atoms with van der Waals surface area (Å²) >= 11 is 0. The van der Waals surface area contributed by atoms with Crippen molar-refractivity contribution in [3.8, 4) is 5.75 Å². The number of halogens is 2. The van der Waals surface area contributed by atoms with Crippen LogP contribution in [0.1, 0.15) is 12.0 Å². The lowest BCUT2D eigenvalue weighted by Gasteiger charge is -2.21. The minimum atomic E-state index is -1.10. The summed E-state index contributed by atoms with van der Waals surface area (Å²) in [4.78, 5) is 41.4. The predicted octanol–water partition coefficient (Wildman–Crippen LogP) is 4.34. The summed E-state index contributed by atoms with van der Waals surface area (Å²) in [5.41, 5.74) is 1.28. The second-order valence-corrected chi connectivity index (χ2v) is 7.68. The number of nitrogens with zero attached hydrogens (tertiary/aromatic N) is 2. The molecule has 0 spiro atoms. The van der Waals surface area contributed by atoms with Gasteiger partial charge in [-0.2, -0.15) is 0 Å². The number of carbonyl (C=O) groups excluding carboxylic acids is 3. The zero-order valence-electron chi connectivity index (χ0n) is 18.2. The molecule has 0 bridgehead atoms. The van der Waals surface area contributed by atoms with Gasteiger partial charge in [0.25, 0.3) is 5.91 Å². The fourth-order valence-corrected chi connectivity index (χ4v) is 3.69. The van der Waals surface area contributed by atoms with Gasteiger partial charge < -0.3 is 15.0 Å². The monoisotopic (exact) mass is 465 g/mol. The van der Waals surface area contributed by atoms with E-state index < -0.39 is 35.5 Å². The van der Waals surface area contributed by atoms with Crippen molar-refractivity contribution in [2.45, 2.75) is 19.0 Å². The first-order valence-corrected chi connectivity index (χ1v) is 10.4. The van der Waals surface area contributed by atoms with Gasteiger partial charge in [0.05, 0.1) is 19.2 Å². The van der Waals surface area contributed by atoms with Gasteiger partial charge in [-0.1, -0.05) is 12.1 Å². The molecule has 0 aliphatic carbocycles. The number of imide groups is 1. The number of hydrogen-bond acceptors (Lipinski definition) is 4. The average Bonchev–Trinajstić information content (AvgIpc) is 3.05. The van der Waals surface area contributed by atoms with Crippen LogP contribution in [-0.2, 0) is 16.1 Å². The highest BCUT2D eigenvalue weighted by molar-refractivity contribution is 6.22. The molecule has 1 saturated heterocycles. The highest BCUT2D eigenvalue weighted by Gasteiger charge is 2.46. The minimum absolute atomic E-state index is 0.0109. The topological polar surface area (TPSA) is 79.0 Å². The SMILES string of the molecule is COc1ccc(NC(=O)C[C@@H]2C(=O)N(c3ccc(F)cc3)C(=O)N2Cc2ccc(F)cc2)cc1. The van der Waals surface area contributed by atoms with E-state index in [1.165, 1.54) is 48.4 Å². The molecule has 9 heteroatoms. The van der Waals surface area contributed by atoms with Crippen molar-refractivity contribution in [1.29, 1.82) is 0 Å². The Kier molecular flexibility index (Phi) is 6.53. The van der Waals surface area contributed by atoms with Gasteiger partial charge in [-0.15, -0.1) is 0 Å². The number of ether oxygens (including phenoxy) is 1. The fraction of sp³-hybridized carbons (Fsp3) is 0.160. The Balaban J connectivity index is 1.58. The van der Waals surface area contributed by atoms with Crippen molar-refractivity contribution in [1.82, 2.24) is 4.90 Å². The van der Waals surface area contributed by atoms with Crippen LogP contribution in [0.4, 0.5) is 25.0 Å². The van der Waals surface area contributed by atoms with E-state index in [1.54, 1.807) is 24.3 Å². The van der Waals surface area contributed by atoms with E-state index in [-0.39, 0.29) is 18.7 Å². The Morgan fingerprint density at radius 2 is 1.50 bits per heavy atom. The van der Waals surface area contributed by atoms with E-state index in [1.807, 2.05) is 0 Å². The third kappa shape index (κ3) is 4.88. The highest BCUT2D eigenvalue weighted by Crippen LogP contribution is 2.29. The molecule has 7 nitrogen and oxygen atoms in total. The zero-order chi connectivity index (χ0) is 24.2. The van der Waals surface area contributed by atoms with Crippen LogP contribution in [0.2, 0.25) is 0 Å². The summed E-state index contributed by atoms with van der Waals surface area (Å²) in [5.74, 6) is -1.41. The molecular weight excluding hydrogens is 444 g/mol. The third-order valence-electron chi connectivity index (χ3n) is 5.42. The molecule has 1 atom stereocenters. The van der Waals surface area contributed by atoms with Crippen molar-refractivity contribution < 1.29 is 27.9 Å². The summed E-state index contributed by atoms with van der Waals surface area (Å²) in [6.07, 6.45) is -0.296. The smallest absolute Gasteiger partial charge is 0.332 e. The summed E-state index contributed by atoms with van der Waals surface area (Å²) < 4.78 is 31.8. The molecule has 1 aliphatic heterocycles. The minimum Gasteiger partial charge on any atom is -0.497 e. The Morgan fingerprint density at radius 1 is 0.912 bits per heavy atom. The largest absolute Gasteiger partial charge is 0.497 e. The Labute approximate surface area is 194 Å². The molecule has 0 radical (unpaired) electrons. The molecule has 3 aromatic carbocycles. The van der Waals surface area contributed by atoms with E-state index >= 15 is 0 Å². The first-order chi connectivity index (χ1) is 16.4. The molecular formula is C25H21F2N3O4. The van der Waals surface area contributed by atoms with E-state index in [0.717, 1.165) is 17.0 Å². The maximum atomic E-state index is 13.4. The molecule has 0 unspecified atom stereocenters. The maximum absolute atomic E-state index is 13.4. The Bertz CT molecular complexity index is 1200. The molecule has 4 amide bonds. The summed E-state index contributed by atoms with van der Waals surface area (Å²) in [7, 11) is 1.53. The van der Waals surface area contributed by atoms with Gasteiger partial charge >= 0.3 is 6.03 Å². The number of methoxy groups -OCH3 is 1. The fourth-order valence-electron chi connectivity index (χ4n) is 3.69. The number of rotatable bonds is 7. The molecule has 1 aliphatic rings. The maximum Gasteiger partial charge on any atom is 0.332 e. The van der Waals surface area contributed by atoms with Crippen molar-refractivity contribution in [2.24, 2.45) is 0 Å². The normalized spacial score (nSPS) is 15.6. The van der Waals surface area contributed by atoms with Crippen molar-refractivity contribution in [3.63, 3.8) is 0 Å². The van der Waals surface area contributed by atoms with Gasteiger partial charge in [-0.05, 0) is 66.2 Å². The molecule has 1 heterocycles. The highest BCUT2D eigenvalue weighted by atomic mass is 19.1. The van der Waals surface area contributed by atoms with Crippen molar-refractivity contribution in [3.05, 3.63) is 90.0 Å². The van der Waals surface area contributed by atoms with Crippen LogP contribution in [0, 0.1) is 11.6 Å². The van der Waals surface area contributed by atoms with Gasteiger partial charge in [0, 0.05) is 12.2 Å². The van der Waals surface area contributed by atoms with Crippen LogP contribution < -0.4 is 15.0 Å². The van der Waals surface area contributed by atoms with Crippen molar-refractivity contribution in [2.75, 3.05) is 17.3 Å². The molecule has 34 heavy (non-hydrogen) atoms. The number of hydrogen-bond donors (Lipinski definition) is 1. The van der Waals surface area contributed by atoms with Crippen molar-refractivity contribution >= 4 is 29.2 Å². The van der Waals surface area contributed by atoms with Gasteiger partial charge in [0.2, 0.25) is 5.91 Å². The summed E-state index contributed by atoms with van der Waals surface area (Å²) in [6, 6.07) is 15.3. The number of carbonyl (C=O) groups is 3. The quantitative estimate of drug-likeness (QED) is 0.527.